The lowest BCUT2D eigenvalue weighted by molar-refractivity contribution is -0.189. The van der Waals surface area contributed by atoms with Gasteiger partial charge in [0.2, 0.25) is 0 Å². The zero-order chi connectivity index (χ0) is 20.3. The minimum absolute atomic E-state index is 0.0410. The third-order valence-corrected chi connectivity index (χ3v) is 3.91. The fourth-order valence-corrected chi connectivity index (χ4v) is 2.61. The predicted octanol–water partition coefficient (Wildman–Crippen LogP) is 6.34. The van der Waals surface area contributed by atoms with E-state index in [0.717, 1.165) is 6.07 Å². The molecule has 146 valence electrons. The largest absolute Gasteiger partial charge is 0.489 e. The van der Waals surface area contributed by atoms with Crippen LogP contribution in [-0.2, 0) is 6.11 Å². The van der Waals surface area contributed by atoms with E-state index in [1.54, 1.807) is 19.1 Å². The van der Waals surface area contributed by atoms with Crippen molar-refractivity contribution in [3.05, 3.63) is 83.7 Å². The van der Waals surface area contributed by atoms with E-state index >= 15 is 0 Å². The van der Waals surface area contributed by atoms with Crippen LogP contribution < -0.4 is 9.47 Å². The second-order valence-electron chi connectivity index (χ2n) is 5.91. The first-order valence-corrected chi connectivity index (χ1v) is 8.30. The topological polar surface area (TPSA) is 18.5 Å². The fourth-order valence-electron chi connectivity index (χ4n) is 2.61. The molecule has 0 amide bonds. The van der Waals surface area contributed by atoms with Gasteiger partial charge >= 0.3 is 6.11 Å². The van der Waals surface area contributed by atoms with Crippen LogP contribution in [0.15, 0.2) is 60.7 Å². The van der Waals surface area contributed by atoms with Crippen LogP contribution in [0.3, 0.4) is 0 Å². The van der Waals surface area contributed by atoms with Gasteiger partial charge in [-0.25, -0.2) is 13.2 Å². The summed E-state index contributed by atoms with van der Waals surface area (Å²) in [6.07, 6.45) is -1.02. The molecule has 0 saturated carbocycles. The van der Waals surface area contributed by atoms with Gasteiger partial charge in [-0.15, -0.1) is 0 Å². The van der Waals surface area contributed by atoms with Crippen molar-refractivity contribution in [2.45, 2.75) is 13.0 Å². The molecule has 0 fully saturated rings. The smallest absolute Gasteiger partial charge is 0.432 e. The summed E-state index contributed by atoms with van der Waals surface area (Å²) >= 11 is 0. The highest BCUT2D eigenvalue weighted by atomic mass is 19.3. The van der Waals surface area contributed by atoms with E-state index in [0.29, 0.717) is 22.9 Å². The third-order valence-electron chi connectivity index (χ3n) is 3.91. The highest BCUT2D eigenvalue weighted by Crippen LogP contribution is 2.37. The molecule has 28 heavy (non-hydrogen) atoms. The molecular weight excluding hydrogens is 379 g/mol. The average molecular weight is 394 g/mol. The lowest BCUT2D eigenvalue weighted by Crippen LogP contribution is -2.25. The van der Waals surface area contributed by atoms with Crippen LogP contribution in [0.1, 0.15) is 12.5 Å². The van der Waals surface area contributed by atoms with Crippen LogP contribution in [0.5, 0.6) is 11.5 Å². The van der Waals surface area contributed by atoms with Crippen molar-refractivity contribution in [3.8, 4) is 11.5 Å². The van der Waals surface area contributed by atoms with E-state index in [1.165, 1.54) is 30.3 Å². The summed E-state index contributed by atoms with van der Waals surface area (Å²) in [6.45, 7) is 1.77. The van der Waals surface area contributed by atoms with Gasteiger partial charge in [-0.3, -0.25) is 0 Å². The van der Waals surface area contributed by atoms with E-state index in [1.807, 2.05) is 0 Å². The van der Waals surface area contributed by atoms with Gasteiger partial charge in [0, 0.05) is 12.1 Å². The average Bonchev–Trinajstić information content (AvgIpc) is 2.61. The van der Waals surface area contributed by atoms with Crippen molar-refractivity contribution in [3.63, 3.8) is 0 Å². The lowest BCUT2D eigenvalue weighted by Gasteiger charge is -2.20. The lowest BCUT2D eigenvalue weighted by atomic mass is 10.1. The molecule has 0 aromatic heterocycles. The van der Waals surface area contributed by atoms with Gasteiger partial charge in [0.1, 0.15) is 41.1 Å². The molecule has 0 aliphatic carbocycles. The molecule has 0 atom stereocenters. The number of halogens is 5. The highest BCUT2D eigenvalue weighted by molar-refractivity contribution is 5.83. The van der Waals surface area contributed by atoms with Crippen LogP contribution in [-0.4, -0.2) is 6.61 Å². The molecule has 0 unspecified atom stereocenters. The highest BCUT2D eigenvalue weighted by Gasteiger charge is 2.41. The van der Waals surface area contributed by atoms with Crippen molar-refractivity contribution >= 4 is 10.8 Å². The number of alkyl halides is 2. The van der Waals surface area contributed by atoms with Crippen molar-refractivity contribution in [1.82, 2.24) is 0 Å². The van der Waals surface area contributed by atoms with E-state index in [4.69, 9.17) is 4.74 Å². The second kappa shape index (κ2) is 7.88. The van der Waals surface area contributed by atoms with Crippen molar-refractivity contribution < 1.29 is 31.4 Å². The Kier molecular flexibility index (Phi) is 5.53. The fraction of sp³-hybridized carbons (Fsp3) is 0.143. The SMILES string of the molecule is CC=CCOc1cc(F)c(C(F)(F)Oc2ccc3cc(F)ccc3c2)c(F)c1. The van der Waals surface area contributed by atoms with Crippen LogP contribution >= 0.6 is 0 Å². The van der Waals surface area contributed by atoms with Gasteiger partial charge in [0.25, 0.3) is 0 Å². The van der Waals surface area contributed by atoms with Gasteiger partial charge in [0.05, 0.1) is 0 Å². The summed E-state index contributed by atoms with van der Waals surface area (Å²) in [4.78, 5) is 0. The normalized spacial score (nSPS) is 11.9. The van der Waals surface area contributed by atoms with Crippen LogP contribution in [0.4, 0.5) is 22.0 Å². The van der Waals surface area contributed by atoms with Gasteiger partial charge in [-0.1, -0.05) is 24.3 Å². The number of hydrogen-bond donors (Lipinski definition) is 0. The van der Waals surface area contributed by atoms with Crippen LogP contribution in [0, 0.1) is 17.5 Å². The van der Waals surface area contributed by atoms with Crippen LogP contribution in [0.2, 0.25) is 0 Å². The molecule has 0 spiro atoms. The molecule has 0 saturated heterocycles. The summed E-state index contributed by atoms with van der Waals surface area (Å²) < 4.78 is 80.1. The van der Waals surface area contributed by atoms with Gasteiger partial charge in [-0.2, -0.15) is 8.78 Å². The number of benzene rings is 3. The molecule has 0 heterocycles. The maximum Gasteiger partial charge on any atom is 0.432 e. The molecular formula is C21H15F5O2. The monoisotopic (exact) mass is 394 g/mol. The Balaban J connectivity index is 1.88. The molecule has 3 rings (SSSR count). The molecule has 7 heteroatoms. The van der Waals surface area contributed by atoms with Gasteiger partial charge in [-0.05, 0) is 42.0 Å². The maximum atomic E-state index is 14.5. The molecule has 0 radical (unpaired) electrons. The van der Waals surface area contributed by atoms with Crippen molar-refractivity contribution in [1.29, 1.82) is 0 Å². The molecule has 3 aromatic rings. The number of ether oxygens (including phenoxy) is 2. The molecule has 0 aliphatic heterocycles. The third kappa shape index (κ3) is 4.24. The van der Waals surface area contributed by atoms with E-state index < -0.39 is 29.1 Å². The predicted molar refractivity (Wildman–Crippen MR) is 95.1 cm³/mol. The summed E-state index contributed by atoms with van der Waals surface area (Å²) in [5.41, 5.74) is -1.52. The van der Waals surface area contributed by atoms with Crippen molar-refractivity contribution in [2.24, 2.45) is 0 Å². The number of allylic oxidation sites excluding steroid dienone is 1. The van der Waals surface area contributed by atoms with E-state index in [9.17, 15) is 22.0 Å². The molecule has 2 nitrogen and oxygen atoms in total. The Bertz CT molecular complexity index is 1010. The Labute approximate surface area is 157 Å². The van der Waals surface area contributed by atoms with Crippen molar-refractivity contribution in [2.75, 3.05) is 6.61 Å². The standard InChI is InChI=1S/C21H15F5O2/c1-2-3-8-27-17-11-18(23)20(19(24)12-17)21(25,26)28-16-7-5-13-9-15(22)6-4-14(13)10-16/h2-7,9-12H,8H2,1H3. The quantitative estimate of drug-likeness (QED) is 0.359. The summed E-state index contributed by atoms with van der Waals surface area (Å²) in [5, 5.41) is 0.902. The van der Waals surface area contributed by atoms with Crippen LogP contribution in [0.25, 0.3) is 10.8 Å². The Morgan fingerprint density at radius 3 is 2.18 bits per heavy atom. The van der Waals surface area contributed by atoms with E-state index in [2.05, 4.69) is 4.74 Å². The molecule has 0 aliphatic rings. The van der Waals surface area contributed by atoms with Gasteiger partial charge in [0.15, 0.2) is 0 Å². The Hall–Kier alpha value is -3.09. The number of fused-ring (bicyclic) bond motifs is 1. The molecule has 0 N–H and O–H groups in total. The minimum Gasteiger partial charge on any atom is -0.489 e. The zero-order valence-electron chi connectivity index (χ0n) is 14.7. The second-order valence-corrected chi connectivity index (χ2v) is 5.91. The number of rotatable bonds is 6. The first-order chi connectivity index (χ1) is 13.3. The minimum atomic E-state index is -4.27. The van der Waals surface area contributed by atoms with Gasteiger partial charge < -0.3 is 9.47 Å². The zero-order valence-corrected chi connectivity index (χ0v) is 14.7. The Morgan fingerprint density at radius 1 is 0.857 bits per heavy atom. The maximum absolute atomic E-state index is 14.5. The summed E-state index contributed by atoms with van der Waals surface area (Å²) in [6, 6.07) is 8.87. The molecule has 3 aromatic carbocycles. The number of hydrogen-bond acceptors (Lipinski definition) is 2. The summed E-state index contributed by atoms with van der Waals surface area (Å²) in [7, 11) is 0. The molecule has 0 bridgehead atoms. The first-order valence-electron chi connectivity index (χ1n) is 8.30. The first kappa shape index (κ1) is 19.7. The summed E-state index contributed by atoms with van der Waals surface area (Å²) in [5.74, 6) is -4.02. The van der Waals surface area contributed by atoms with E-state index in [-0.39, 0.29) is 18.1 Å². The Morgan fingerprint density at radius 2 is 1.50 bits per heavy atom.